The molecule has 2 aromatic carbocycles. The number of hydrogen-bond acceptors (Lipinski definition) is 5. The molecule has 1 aliphatic heterocycles. The first-order valence-electron chi connectivity index (χ1n) is 9.95. The third-order valence-corrected chi connectivity index (χ3v) is 7.02. The highest BCUT2D eigenvalue weighted by Gasteiger charge is 2.27. The Morgan fingerprint density at radius 1 is 0.967 bits per heavy atom. The van der Waals surface area contributed by atoms with E-state index < -0.39 is 10.0 Å². The Kier molecular flexibility index (Phi) is 5.53. The van der Waals surface area contributed by atoms with Gasteiger partial charge in [0.2, 0.25) is 10.0 Å². The zero-order valence-electron chi connectivity index (χ0n) is 17.0. The van der Waals surface area contributed by atoms with Crippen LogP contribution >= 0.6 is 0 Å². The van der Waals surface area contributed by atoms with Crippen molar-refractivity contribution in [3.63, 3.8) is 0 Å². The lowest BCUT2D eigenvalue weighted by Crippen LogP contribution is -2.46. The molecule has 4 rings (SSSR count). The molecule has 1 saturated heterocycles. The predicted molar refractivity (Wildman–Crippen MR) is 115 cm³/mol. The van der Waals surface area contributed by atoms with E-state index in [1.54, 1.807) is 47.4 Å². The molecular formula is C22H24N4O3S. The molecule has 156 valence electrons. The van der Waals surface area contributed by atoms with Crippen molar-refractivity contribution in [3.8, 4) is 0 Å². The fourth-order valence-corrected chi connectivity index (χ4v) is 4.96. The second-order valence-electron chi connectivity index (χ2n) is 7.60. The van der Waals surface area contributed by atoms with Crippen molar-refractivity contribution < 1.29 is 13.2 Å². The summed E-state index contributed by atoms with van der Waals surface area (Å²) in [5.41, 5.74) is 3.77. The minimum absolute atomic E-state index is 0.0682. The molecule has 3 aromatic rings. The number of carbonyl (C=O) groups excluding carboxylic acids is 1. The van der Waals surface area contributed by atoms with Gasteiger partial charge in [-0.3, -0.25) is 4.79 Å². The average Bonchev–Trinajstić information content (AvgIpc) is 2.75. The van der Waals surface area contributed by atoms with E-state index in [1.165, 1.54) is 0 Å². The zero-order chi connectivity index (χ0) is 21.3. The molecule has 1 aliphatic rings. The molecule has 1 N–H and O–H groups in total. The monoisotopic (exact) mass is 424 g/mol. The number of hydrogen-bond donors (Lipinski definition) is 1. The second-order valence-corrected chi connectivity index (χ2v) is 9.31. The van der Waals surface area contributed by atoms with Crippen LogP contribution in [0.15, 0.2) is 53.4 Å². The normalized spacial score (nSPS) is 15.5. The minimum Gasteiger partial charge on any atom is -0.339 e. The van der Waals surface area contributed by atoms with Crippen LogP contribution < -0.4 is 4.72 Å². The Bertz CT molecular complexity index is 1190. The van der Waals surface area contributed by atoms with Crippen molar-refractivity contribution in [1.82, 2.24) is 19.6 Å². The van der Waals surface area contributed by atoms with Gasteiger partial charge in [0.1, 0.15) is 0 Å². The Balaban J connectivity index is 1.42. The number of piperidine rings is 1. The Morgan fingerprint density at radius 3 is 2.27 bits per heavy atom. The lowest BCUT2D eigenvalue weighted by Gasteiger charge is -2.32. The van der Waals surface area contributed by atoms with Crippen LogP contribution in [0.1, 0.15) is 34.6 Å². The quantitative estimate of drug-likeness (QED) is 0.695. The first-order chi connectivity index (χ1) is 14.3. The van der Waals surface area contributed by atoms with Gasteiger partial charge in [-0.25, -0.2) is 23.1 Å². The molecule has 0 aliphatic carbocycles. The molecule has 0 spiro atoms. The first kappa shape index (κ1) is 20.4. The molecule has 2 heterocycles. The topological polar surface area (TPSA) is 92.3 Å². The van der Waals surface area contributed by atoms with Crippen LogP contribution in [0.3, 0.4) is 0 Å². The van der Waals surface area contributed by atoms with Crippen molar-refractivity contribution in [2.75, 3.05) is 13.1 Å². The van der Waals surface area contributed by atoms with Crippen molar-refractivity contribution in [1.29, 1.82) is 0 Å². The number of amides is 1. The summed E-state index contributed by atoms with van der Waals surface area (Å²) in [5.74, 6) is -0.0682. The maximum atomic E-state index is 12.9. The number of fused-ring (bicyclic) bond motifs is 1. The number of likely N-dealkylation sites (tertiary alicyclic amines) is 1. The highest BCUT2D eigenvalue weighted by atomic mass is 32.2. The van der Waals surface area contributed by atoms with Gasteiger partial charge in [0.15, 0.2) is 0 Å². The van der Waals surface area contributed by atoms with Gasteiger partial charge >= 0.3 is 0 Å². The maximum Gasteiger partial charge on any atom is 0.253 e. The number of benzene rings is 2. The van der Waals surface area contributed by atoms with E-state index in [4.69, 9.17) is 0 Å². The molecule has 1 aromatic heterocycles. The molecule has 0 radical (unpaired) electrons. The maximum absolute atomic E-state index is 12.9. The van der Waals surface area contributed by atoms with Crippen molar-refractivity contribution in [3.05, 3.63) is 65.5 Å². The van der Waals surface area contributed by atoms with Crippen LogP contribution in [-0.2, 0) is 10.0 Å². The van der Waals surface area contributed by atoms with Crippen LogP contribution in [0, 0.1) is 13.8 Å². The van der Waals surface area contributed by atoms with Gasteiger partial charge < -0.3 is 4.90 Å². The van der Waals surface area contributed by atoms with Crippen LogP contribution in [0.2, 0.25) is 0 Å². The molecule has 0 saturated carbocycles. The predicted octanol–water partition coefficient (Wildman–Crippen LogP) is 2.83. The minimum atomic E-state index is -3.55. The van der Waals surface area contributed by atoms with E-state index in [2.05, 4.69) is 14.7 Å². The molecule has 0 atom stereocenters. The Hall–Kier alpha value is -2.84. The summed E-state index contributed by atoms with van der Waals surface area (Å²) in [6.45, 7) is 4.81. The lowest BCUT2D eigenvalue weighted by molar-refractivity contribution is 0.0711. The van der Waals surface area contributed by atoms with Gasteiger partial charge in [-0.2, -0.15) is 0 Å². The molecule has 0 bridgehead atoms. The standard InChI is InChI=1S/C22H24N4O3S/c1-15-16(2)24-21-14-17(8-9-20(21)23-15)22(27)26-12-10-18(11-13-26)25-30(28,29)19-6-4-3-5-7-19/h3-9,14,18,25H,10-13H2,1-2H3. The first-order valence-corrected chi connectivity index (χ1v) is 11.4. The third-order valence-electron chi connectivity index (χ3n) is 5.48. The number of nitrogens with one attached hydrogen (secondary N) is 1. The van der Waals surface area contributed by atoms with Gasteiger partial charge in [-0.05, 0) is 57.0 Å². The second kappa shape index (κ2) is 8.12. The fourth-order valence-electron chi connectivity index (χ4n) is 3.63. The molecule has 0 unspecified atom stereocenters. The van der Waals surface area contributed by atoms with Crippen molar-refractivity contribution >= 4 is 27.0 Å². The summed E-state index contributed by atoms with van der Waals surface area (Å²) in [7, 11) is -3.55. The Morgan fingerprint density at radius 2 is 1.60 bits per heavy atom. The number of rotatable bonds is 4. The number of sulfonamides is 1. The molecular weight excluding hydrogens is 400 g/mol. The van der Waals surface area contributed by atoms with Crippen molar-refractivity contribution in [2.45, 2.75) is 37.6 Å². The highest BCUT2D eigenvalue weighted by Crippen LogP contribution is 2.19. The molecule has 30 heavy (non-hydrogen) atoms. The summed E-state index contributed by atoms with van der Waals surface area (Å²) in [4.78, 5) is 24.0. The summed E-state index contributed by atoms with van der Waals surface area (Å²) in [5, 5.41) is 0. The highest BCUT2D eigenvalue weighted by molar-refractivity contribution is 7.89. The Labute approximate surface area is 176 Å². The van der Waals surface area contributed by atoms with E-state index in [1.807, 2.05) is 19.9 Å². The van der Waals surface area contributed by atoms with Gasteiger partial charge in [0, 0.05) is 24.7 Å². The van der Waals surface area contributed by atoms with Crippen molar-refractivity contribution in [2.24, 2.45) is 0 Å². The fraction of sp³-hybridized carbons (Fsp3) is 0.318. The summed E-state index contributed by atoms with van der Waals surface area (Å²) < 4.78 is 27.8. The van der Waals surface area contributed by atoms with E-state index in [9.17, 15) is 13.2 Å². The number of carbonyl (C=O) groups is 1. The summed E-state index contributed by atoms with van der Waals surface area (Å²) in [6.07, 6.45) is 1.15. The van der Waals surface area contributed by atoms with Crippen LogP contribution in [0.5, 0.6) is 0 Å². The number of nitrogens with zero attached hydrogens (tertiary/aromatic N) is 3. The van der Waals surface area contributed by atoms with E-state index in [-0.39, 0.29) is 16.8 Å². The largest absolute Gasteiger partial charge is 0.339 e. The number of aryl methyl sites for hydroxylation is 2. The van der Waals surface area contributed by atoms with Gasteiger partial charge in [0.05, 0.1) is 27.3 Å². The molecule has 8 heteroatoms. The third kappa shape index (κ3) is 4.20. The zero-order valence-corrected chi connectivity index (χ0v) is 17.8. The van der Waals surface area contributed by atoms with Gasteiger partial charge in [-0.1, -0.05) is 18.2 Å². The van der Waals surface area contributed by atoms with Gasteiger partial charge in [-0.15, -0.1) is 0 Å². The smallest absolute Gasteiger partial charge is 0.253 e. The lowest BCUT2D eigenvalue weighted by atomic mass is 10.0. The number of aromatic nitrogens is 2. The van der Waals surface area contributed by atoms with Crippen LogP contribution in [0.4, 0.5) is 0 Å². The molecule has 7 nitrogen and oxygen atoms in total. The van der Waals surface area contributed by atoms with Crippen LogP contribution in [0.25, 0.3) is 11.0 Å². The summed E-state index contributed by atoms with van der Waals surface area (Å²) in [6, 6.07) is 13.5. The van der Waals surface area contributed by atoms with Crippen LogP contribution in [-0.4, -0.2) is 48.3 Å². The van der Waals surface area contributed by atoms with E-state index in [0.717, 1.165) is 16.9 Å². The van der Waals surface area contributed by atoms with E-state index in [0.29, 0.717) is 37.0 Å². The molecule has 1 fully saturated rings. The molecule has 1 amide bonds. The summed E-state index contributed by atoms with van der Waals surface area (Å²) >= 11 is 0. The average molecular weight is 425 g/mol. The SMILES string of the molecule is Cc1nc2ccc(C(=O)N3CCC(NS(=O)(=O)c4ccccc4)CC3)cc2nc1C. The van der Waals surface area contributed by atoms with Gasteiger partial charge in [0.25, 0.3) is 5.91 Å². The van der Waals surface area contributed by atoms with E-state index >= 15 is 0 Å².